The number of rotatable bonds is 4. The van der Waals surface area contributed by atoms with Crippen LogP contribution < -0.4 is 0 Å². The molecular weight excluding hydrogens is 110 g/mol. The van der Waals surface area contributed by atoms with E-state index in [1.807, 2.05) is 0 Å². The van der Waals surface area contributed by atoms with Crippen molar-refractivity contribution < 1.29 is 0 Å². The van der Waals surface area contributed by atoms with E-state index < -0.39 is 0 Å². The highest BCUT2D eigenvalue weighted by Crippen LogP contribution is 1.92. The molecular formula is C8H17N. The Morgan fingerprint density at radius 3 is 2.00 bits per heavy atom. The summed E-state index contributed by atoms with van der Waals surface area (Å²) in [5.41, 5.74) is 1.36. The fourth-order valence-corrected chi connectivity index (χ4v) is 0.744. The summed E-state index contributed by atoms with van der Waals surface area (Å²) in [6.45, 7) is 7.50. The molecule has 0 aromatic carbocycles. The molecule has 1 nitrogen and oxygen atoms in total. The van der Waals surface area contributed by atoms with Crippen molar-refractivity contribution in [2.24, 2.45) is 4.99 Å². The van der Waals surface area contributed by atoms with Gasteiger partial charge in [0.25, 0.3) is 0 Å². The maximum Gasteiger partial charge on any atom is 0.0386 e. The van der Waals surface area contributed by atoms with Crippen molar-refractivity contribution in [1.29, 1.82) is 0 Å². The number of hydrogen-bond donors (Lipinski definition) is 0. The molecule has 0 heterocycles. The van der Waals surface area contributed by atoms with E-state index in [1.165, 1.54) is 12.1 Å². The molecule has 0 bridgehead atoms. The fraction of sp³-hybridized carbons (Fsp3) is 0.875. The van der Waals surface area contributed by atoms with Crippen LogP contribution in [0.15, 0.2) is 4.99 Å². The fourth-order valence-electron chi connectivity index (χ4n) is 0.744. The van der Waals surface area contributed by atoms with Gasteiger partial charge in [-0.2, -0.15) is 0 Å². The van der Waals surface area contributed by atoms with Crippen molar-refractivity contribution in [3.8, 4) is 0 Å². The first kappa shape index (κ1) is 8.67. The zero-order chi connectivity index (χ0) is 7.11. The lowest BCUT2D eigenvalue weighted by Crippen LogP contribution is -1.94. The SMILES string of the molecule is CCCN=C(CC)CC. The summed E-state index contributed by atoms with van der Waals surface area (Å²) in [5.74, 6) is 0. The molecule has 0 rings (SSSR count). The molecule has 54 valence electrons. The van der Waals surface area contributed by atoms with Gasteiger partial charge >= 0.3 is 0 Å². The Bertz CT molecular complexity index is 78.6. The molecule has 0 fully saturated rings. The van der Waals surface area contributed by atoms with Gasteiger partial charge in [-0.05, 0) is 19.3 Å². The van der Waals surface area contributed by atoms with Gasteiger partial charge in [-0.3, -0.25) is 4.99 Å². The molecule has 0 aliphatic heterocycles. The number of nitrogens with zero attached hydrogens (tertiary/aromatic N) is 1. The van der Waals surface area contributed by atoms with Crippen molar-refractivity contribution in [2.75, 3.05) is 6.54 Å². The van der Waals surface area contributed by atoms with Gasteiger partial charge in [0.2, 0.25) is 0 Å². The topological polar surface area (TPSA) is 12.4 Å². The van der Waals surface area contributed by atoms with Gasteiger partial charge in [-0.25, -0.2) is 0 Å². The van der Waals surface area contributed by atoms with Crippen LogP contribution in [0.4, 0.5) is 0 Å². The molecule has 9 heavy (non-hydrogen) atoms. The second kappa shape index (κ2) is 5.80. The average Bonchev–Trinajstić information content (AvgIpc) is 1.91. The Kier molecular flexibility index (Phi) is 5.59. The predicted octanol–water partition coefficient (Wildman–Crippen LogP) is 2.66. The Morgan fingerprint density at radius 2 is 1.67 bits per heavy atom. The standard InChI is InChI=1S/C8H17N/c1-4-7-9-8(5-2)6-3/h4-7H2,1-3H3. The van der Waals surface area contributed by atoms with Gasteiger partial charge < -0.3 is 0 Å². The Hall–Kier alpha value is -0.330. The highest BCUT2D eigenvalue weighted by Gasteiger charge is 1.87. The van der Waals surface area contributed by atoms with Crippen molar-refractivity contribution in [1.82, 2.24) is 0 Å². The Labute approximate surface area is 58.2 Å². The zero-order valence-corrected chi connectivity index (χ0v) is 6.78. The highest BCUT2D eigenvalue weighted by atomic mass is 14.7. The quantitative estimate of drug-likeness (QED) is 0.515. The van der Waals surface area contributed by atoms with Crippen LogP contribution >= 0.6 is 0 Å². The third-order valence-corrected chi connectivity index (χ3v) is 1.38. The van der Waals surface area contributed by atoms with E-state index in [0.717, 1.165) is 19.4 Å². The maximum absolute atomic E-state index is 4.40. The van der Waals surface area contributed by atoms with Crippen LogP contribution in [0.1, 0.15) is 40.0 Å². The molecule has 0 N–H and O–H groups in total. The number of aliphatic imine (C=N–C) groups is 1. The van der Waals surface area contributed by atoms with Gasteiger partial charge in [0.15, 0.2) is 0 Å². The zero-order valence-electron chi connectivity index (χ0n) is 6.78. The summed E-state index contributed by atoms with van der Waals surface area (Å²) in [6, 6.07) is 0. The first-order valence-electron chi connectivity index (χ1n) is 3.87. The van der Waals surface area contributed by atoms with E-state index in [-0.39, 0.29) is 0 Å². The summed E-state index contributed by atoms with van der Waals surface area (Å²) in [7, 11) is 0. The smallest absolute Gasteiger partial charge is 0.0386 e. The summed E-state index contributed by atoms with van der Waals surface area (Å²) >= 11 is 0. The van der Waals surface area contributed by atoms with Crippen molar-refractivity contribution in [2.45, 2.75) is 40.0 Å². The first-order valence-corrected chi connectivity index (χ1v) is 3.87. The molecule has 0 atom stereocenters. The molecule has 0 aliphatic carbocycles. The minimum Gasteiger partial charge on any atom is -0.294 e. The lowest BCUT2D eigenvalue weighted by atomic mass is 10.2. The van der Waals surface area contributed by atoms with E-state index in [2.05, 4.69) is 25.8 Å². The van der Waals surface area contributed by atoms with Crippen LogP contribution in [0.25, 0.3) is 0 Å². The summed E-state index contributed by atoms with van der Waals surface area (Å²) in [4.78, 5) is 4.40. The summed E-state index contributed by atoms with van der Waals surface area (Å²) in [5, 5.41) is 0. The molecule has 0 saturated heterocycles. The second-order valence-electron chi connectivity index (χ2n) is 2.16. The van der Waals surface area contributed by atoms with Gasteiger partial charge in [-0.1, -0.05) is 20.8 Å². The van der Waals surface area contributed by atoms with Crippen molar-refractivity contribution >= 4 is 5.71 Å². The first-order chi connectivity index (χ1) is 4.35. The third-order valence-electron chi connectivity index (χ3n) is 1.38. The van der Waals surface area contributed by atoms with Crippen molar-refractivity contribution in [3.05, 3.63) is 0 Å². The molecule has 0 radical (unpaired) electrons. The molecule has 1 heteroatoms. The van der Waals surface area contributed by atoms with Crippen LogP contribution in [0.5, 0.6) is 0 Å². The van der Waals surface area contributed by atoms with E-state index in [9.17, 15) is 0 Å². The van der Waals surface area contributed by atoms with E-state index in [0.29, 0.717) is 0 Å². The van der Waals surface area contributed by atoms with Gasteiger partial charge in [-0.15, -0.1) is 0 Å². The summed E-state index contributed by atoms with van der Waals surface area (Å²) in [6.07, 6.45) is 3.41. The van der Waals surface area contributed by atoms with Crippen LogP contribution in [0.3, 0.4) is 0 Å². The van der Waals surface area contributed by atoms with Gasteiger partial charge in [0.1, 0.15) is 0 Å². The monoisotopic (exact) mass is 127 g/mol. The number of hydrogen-bond acceptors (Lipinski definition) is 1. The highest BCUT2D eigenvalue weighted by molar-refractivity contribution is 5.83. The Balaban J connectivity index is 3.48. The predicted molar refractivity (Wildman–Crippen MR) is 43.2 cm³/mol. The molecule has 0 unspecified atom stereocenters. The van der Waals surface area contributed by atoms with Gasteiger partial charge in [0.05, 0.1) is 0 Å². The summed E-state index contributed by atoms with van der Waals surface area (Å²) < 4.78 is 0. The maximum atomic E-state index is 4.40. The average molecular weight is 127 g/mol. The van der Waals surface area contributed by atoms with E-state index >= 15 is 0 Å². The second-order valence-corrected chi connectivity index (χ2v) is 2.16. The van der Waals surface area contributed by atoms with Crippen molar-refractivity contribution in [3.63, 3.8) is 0 Å². The van der Waals surface area contributed by atoms with Gasteiger partial charge in [0, 0.05) is 12.3 Å². The Morgan fingerprint density at radius 1 is 1.11 bits per heavy atom. The van der Waals surface area contributed by atoms with E-state index in [4.69, 9.17) is 0 Å². The largest absolute Gasteiger partial charge is 0.294 e. The molecule has 0 spiro atoms. The minimum atomic E-state index is 1.01. The van der Waals surface area contributed by atoms with E-state index in [1.54, 1.807) is 0 Å². The van der Waals surface area contributed by atoms with Crippen LogP contribution in [0.2, 0.25) is 0 Å². The lowest BCUT2D eigenvalue weighted by Gasteiger charge is -1.96. The molecule has 0 amide bonds. The molecule has 0 aliphatic rings. The van der Waals surface area contributed by atoms with Crippen LogP contribution in [0, 0.1) is 0 Å². The minimum absolute atomic E-state index is 1.01. The normalized spacial score (nSPS) is 9.22. The molecule has 0 aromatic heterocycles. The molecule has 0 saturated carbocycles. The van der Waals surface area contributed by atoms with Crippen LogP contribution in [-0.4, -0.2) is 12.3 Å². The lowest BCUT2D eigenvalue weighted by molar-refractivity contribution is 0.917. The van der Waals surface area contributed by atoms with Crippen LogP contribution in [-0.2, 0) is 0 Å². The molecule has 0 aromatic rings. The third kappa shape index (κ3) is 4.19.